The largest absolute Gasteiger partial charge is 0.392 e. The molecule has 1 aliphatic heterocycles. The first kappa shape index (κ1) is 16.8. The third kappa shape index (κ3) is 4.68. The molecule has 0 radical (unpaired) electrons. The SMILES string of the molecule is CC(CC(=O)NCC1(C)CCCCC1O)C1CCCNC1. The van der Waals surface area contributed by atoms with Crippen LogP contribution in [-0.4, -0.2) is 36.8 Å². The molecule has 3 N–H and O–H groups in total. The second-order valence-corrected chi connectivity index (χ2v) is 7.48. The maximum atomic E-state index is 12.2. The van der Waals surface area contributed by atoms with Gasteiger partial charge in [-0.05, 0) is 50.6 Å². The van der Waals surface area contributed by atoms with Crippen LogP contribution in [-0.2, 0) is 4.79 Å². The maximum Gasteiger partial charge on any atom is 0.220 e. The highest BCUT2D eigenvalue weighted by atomic mass is 16.3. The Hall–Kier alpha value is -0.610. The molecule has 1 amide bonds. The fourth-order valence-corrected chi connectivity index (χ4v) is 3.78. The van der Waals surface area contributed by atoms with Crippen LogP contribution in [0, 0.1) is 17.3 Å². The normalized spacial score (nSPS) is 35.2. The van der Waals surface area contributed by atoms with Crippen LogP contribution >= 0.6 is 0 Å². The van der Waals surface area contributed by atoms with Crippen molar-refractivity contribution in [1.29, 1.82) is 0 Å². The third-order valence-corrected chi connectivity index (χ3v) is 5.62. The first-order valence-corrected chi connectivity index (χ1v) is 8.67. The van der Waals surface area contributed by atoms with Crippen molar-refractivity contribution in [3.05, 3.63) is 0 Å². The Labute approximate surface area is 129 Å². The van der Waals surface area contributed by atoms with Crippen molar-refractivity contribution in [2.45, 2.75) is 64.9 Å². The number of carbonyl (C=O) groups is 1. The first-order valence-electron chi connectivity index (χ1n) is 8.67. The number of hydrogen-bond acceptors (Lipinski definition) is 3. The van der Waals surface area contributed by atoms with Gasteiger partial charge >= 0.3 is 0 Å². The number of rotatable bonds is 5. The molecule has 1 aliphatic carbocycles. The highest BCUT2D eigenvalue weighted by molar-refractivity contribution is 5.76. The van der Waals surface area contributed by atoms with Crippen LogP contribution in [0.5, 0.6) is 0 Å². The molecule has 2 rings (SSSR count). The number of carbonyl (C=O) groups excluding carboxylic acids is 1. The Morgan fingerprint density at radius 2 is 2.19 bits per heavy atom. The zero-order valence-corrected chi connectivity index (χ0v) is 13.7. The number of amides is 1. The van der Waals surface area contributed by atoms with E-state index in [-0.39, 0.29) is 17.4 Å². The van der Waals surface area contributed by atoms with Gasteiger partial charge in [0.2, 0.25) is 5.91 Å². The van der Waals surface area contributed by atoms with Crippen LogP contribution in [0.2, 0.25) is 0 Å². The van der Waals surface area contributed by atoms with E-state index in [1.54, 1.807) is 0 Å². The summed E-state index contributed by atoms with van der Waals surface area (Å²) in [5.41, 5.74) is -0.135. The lowest BCUT2D eigenvalue weighted by molar-refractivity contribution is -0.123. The molecule has 0 aromatic rings. The van der Waals surface area contributed by atoms with Crippen LogP contribution in [0.1, 0.15) is 58.8 Å². The molecular weight excluding hydrogens is 264 g/mol. The molecule has 1 heterocycles. The topological polar surface area (TPSA) is 61.4 Å². The summed E-state index contributed by atoms with van der Waals surface area (Å²) >= 11 is 0. The average Bonchev–Trinajstić information content (AvgIpc) is 2.49. The number of piperidine rings is 1. The molecule has 1 saturated heterocycles. The molecule has 4 atom stereocenters. The van der Waals surface area contributed by atoms with Gasteiger partial charge in [-0.2, -0.15) is 0 Å². The minimum Gasteiger partial charge on any atom is -0.392 e. The Morgan fingerprint density at radius 3 is 2.86 bits per heavy atom. The molecule has 21 heavy (non-hydrogen) atoms. The first-order chi connectivity index (χ1) is 10.0. The Balaban J connectivity index is 1.73. The lowest BCUT2D eigenvalue weighted by atomic mass is 9.73. The molecular formula is C17H32N2O2. The number of nitrogens with one attached hydrogen (secondary N) is 2. The van der Waals surface area contributed by atoms with E-state index in [9.17, 15) is 9.90 Å². The molecule has 0 aromatic carbocycles. The summed E-state index contributed by atoms with van der Waals surface area (Å²) < 4.78 is 0. The summed E-state index contributed by atoms with van der Waals surface area (Å²) in [4.78, 5) is 12.2. The summed E-state index contributed by atoms with van der Waals surface area (Å²) in [7, 11) is 0. The summed E-state index contributed by atoms with van der Waals surface area (Å²) in [5.74, 6) is 1.20. The number of hydrogen-bond donors (Lipinski definition) is 3. The van der Waals surface area contributed by atoms with E-state index in [2.05, 4.69) is 24.5 Å². The van der Waals surface area contributed by atoms with Crippen LogP contribution in [0.15, 0.2) is 0 Å². The smallest absolute Gasteiger partial charge is 0.220 e. The fraction of sp³-hybridized carbons (Fsp3) is 0.941. The van der Waals surface area contributed by atoms with Crippen molar-refractivity contribution in [3.63, 3.8) is 0 Å². The van der Waals surface area contributed by atoms with Crippen molar-refractivity contribution in [2.75, 3.05) is 19.6 Å². The number of aliphatic hydroxyl groups is 1. The van der Waals surface area contributed by atoms with Gasteiger partial charge in [-0.25, -0.2) is 0 Å². The van der Waals surface area contributed by atoms with Crippen molar-refractivity contribution in [2.24, 2.45) is 17.3 Å². The Kier molecular flexibility index (Phi) is 6.06. The maximum absolute atomic E-state index is 12.2. The summed E-state index contributed by atoms with van der Waals surface area (Å²) in [6.07, 6.45) is 6.94. The molecule has 4 unspecified atom stereocenters. The van der Waals surface area contributed by atoms with Crippen LogP contribution < -0.4 is 10.6 Å². The Morgan fingerprint density at radius 1 is 1.38 bits per heavy atom. The molecule has 0 aromatic heterocycles. The van der Waals surface area contributed by atoms with Crippen molar-refractivity contribution < 1.29 is 9.90 Å². The van der Waals surface area contributed by atoms with Gasteiger partial charge in [-0.1, -0.05) is 26.7 Å². The van der Waals surface area contributed by atoms with Crippen LogP contribution in [0.4, 0.5) is 0 Å². The lowest BCUT2D eigenvalue weighted by Gasteiger charge is -2.38. The zero-order chi connectivity index (χ0) is 15.3. The minimum absolute atomic E-state index is 0.135. The second kappa shape index (κ2) is 7.59. The van der Waals surface area contributed by atoms with Gasteiger partial charge < -0.3 is 15.7 Å². The van der Waals surface area contributed by atoms with Crippen molar-refractivity contribution >= 4 is 5.91 Å². The van der Waals surface area contributed by atoms with Gasteiger partial charge in [-0.3, -0.25) is 4.79 Å². The predicted molar refractivity (Wildman–Crippen MR) is 85.0 cm³/mol. The van der Waals surface area contributed by atoms with E-state index in [0.29, 0.717) is 24.8 Å². The highest BCUT2D eigenvalue weighted by Crippen LogP contribution is 2.35. The van der Waals surface area contributed by atoms with Gasteiger partial charge in [0, 0.05) is 18.4 Å². The molecule has 1 saturated carbocycles. The molecule has 2 aliphatic rings. The highest BCUT2D eigenvalue weighted by Gasteiger charge is 2.35. The lowest BCUT2D eigenvalue weighted by Crippen LogP contribution is -2.45. The van der Waals surface area contributed by atoms with E-state index in [1.165, 1.54) is 12.8 Å². The van der Waals surface area contributed by atoms with E-state index in [1.807, 2.05) is 0 Å². The summed E-state index contributed by atoms with van der Waals surface area (Å²) in [6, 6.07) is 0. The predicted octanol–water partition coefficient (Wildman–Crippen LogP) is 2.07. The van der Waals surface area contributed by atoms with Gasteiger partial charge in [0.05, 0.1) is 6.10 Å². The van der Waals surface area contributed by atoms with Crippen LogP contribution in [0.25, 0.3) is 0 Å². The molecule has 0 spiro atoms. The molecule has 0 bridgehead atoms. The quantitative estimate of drug-likeness (QED) is 0.728. The third-order valence-electron chi connectivity index (χ3n) is 5.62. The molecule has 4 heteroatoms. The molecule has 4 nitrogen and oxygen atoms in total. The zero-order valence-electron chi connectivity index (χ0n) is 13.7. The van der Waals surface area contributed by atoms with Crippen molar-refractivity contribution in [3.8, 4) is 0 Å². The number of aliphatic hydroxyl groups excluding tert-OH is 1. The van der Waals surface area contributed by atoms with Gasteiger partial charge in [0.15, 0.2) is 0 Å². The second-order valence-electron chi connectivity index (χ2n) is 7.48. The van der Waals surface area contributed by atoms with Gasteiger partial charge in [0.25, 0.3) is 0 Å². The minimum atomic E-state index is -0.272. The van der Waals surface area contributed by atoms with Gasteiger partial charge in [0.1, 0.15) is 0 Å². The van der Waals surface area contributed by atoms with E-state index in [0.717, 1.165) is 38.8 Å². The van der Waals surface area contributed by atoms with E-state index < -0.39 is 0 Å². The van der Waals surface area contributed by atoms with Crippen LogP contribution in [0.3, 0.4) is 0 Å². The van der Waals surface area contributed by atoms with Crippen molar-refractivity contribution in [1.82, 2.24) is 10.6 Å². The standard InChI is InChI=1S/C17H32N2O2/c1-13(14-6-5-9-18-11-14)10-16(21)19-12-17(2)8-4-3-7-15(17)20/h13-15,18,20H,3-12H2,1-2H3,(H,19,21). The summed E-state index contributed by atoms with van der Waals surface area (Å²) in [5, 5.41) is 16.7. The van der Waals surface area contributed by atoms with E-state index in [4.69, 9.17) is 0 Å². The summed E-state index contributed by atoms with van der Waals surface area (Å²) in [6.45, 7) is 7.07. The van der Waals surface area contributed by atoms with Gasteiger partial charge in [-0.15, -0.1) is 0 Å². The molecule has 2 fully saturated rings. The molecule has 122 valence electrons. The Bertz CT molecular complexity index is 342. The van der Waals surface area contributed by atoms with E-state index >= 15 is 0 Å². The fourth-order valence-electron chi connectivity index (χ4n) is 3.78. The average molecular weight is 296 g/mol. The monoisotopic (exact) mass is 296 g/mol.